The van der Waals surface area contributed by atoms with Gasteiger partial charge in [-0.1, -0.05) is 19.1 Å². The van der Waals surface area contributed by atoms with Crippen LogP contribution >= 0.6 is 0 Å². The van der Waals surface area contributed by atoms with Crippen molar-refractivity contribution in [2.45, 2.75) is 19.5 Å². The summed E-state index contributed by atoms with van der Waals surface area (Å²) in [5.41, 5.74) is 0.520. The van der Waals surface area contributed by atoms with Gasteiger partial charge in [0.05, 0.1) is 12.3 Å². The number of nitrogens with zero attached hydrogens (tertiary/aromatic N) is 1. The highest BCUT2D eigenvalue weighted by molar-refractivity contribution is 5.81. The Bertz CT molecular complexity index is 618. The highest BCUT2D eigenvalue weighted by atomic mass is 19.4. The molecule has 24 heavy (non-hydrogen) atoms. The van der Waals surface area contributed by atoms with Gasteiger partial charge in [-0.05, 0) is 23.6 Å². The molecule has 2 atom stereocenters. The maximum absolute atomic E-state index is 12.3. The summed E-state index contributed by atoms with van der Waals surface area (Å²) in [5, 5.41) is 9.09. The van der Waals surface area contributed by atoms with Gasteiger partial charge in [-0.25, -0.2) is 0 Å². The van der Waals surface area contributed by atoms with Crippen molar-refractivity contribution in [3.05, 3.63) is 29.8 Å². The van der Waals surface area contributed by atoms with E-state index in [4.69, 9.17) is 5.11 Å². The van der Waals surface area contributed by atoms with Crippen LogP contribution in [0, 0.1) is 11.8 Å². The number of halogens is 3. The molecule has 0 aliphatic carbocycles. The summed E-state index contributed by atoms with van der Waals surface area (Å²) in [4.78, 5) is 24.8. The molecule has 1 heterocycles. The van der Waals surface area contributed by atoms with Crippen molar-refractivity contribution in [1.29, 1.82) is 0 Å². The van der Waals surface area contributed by atoms with Crippen molar-refractivity contribution in [3.8, 4) is 5.75 Å². The summed E-state index contributed by atoms with van der Waals surface area (Å²) in [6.07, 6.45) is -4.44. The lowest BCUT2D eigenvalue weighted by Crippen LogP contribution is -2.31. The number of alkyl halides is 3. The van der Waals surface area contributed by atoms with Gasteiger partial charge >= 0.3 is 12.1 Å². The van der Waals surface area contributed by atoms with E-state index in [1.54, 1.807) is 13.0 Å². The molecule has 0 radical (unpaired) electrons. The predicted molar refractivity (Wildman–Crippen MR) is 78.6 cm³/mol. The first-order valence-corrected chi connectivity index (χ1v) is 7.45. The van der Waals surface area contributed by atoms with Crippen LogP contribution in [0.5, 0.6) is 5.75 Å². The van der Waals surface area contributed by atoms with Crippen LogP contribution in [0.15, 0.2) is 24.3 Å². The first-order valence-electron chi connectivity index (χ1n) is 7.45. The highest BCUT2D eigenvalue weighted by Gasteiger charge is 2.36. The number of rotatable bonds is 5. The normalized spacial score (nSPS) is 20.9. The van der Waals surface area contributed by atoms with E-state index in [1.165, 1.54) is 23.1 Å². The monoisotopic (exact) mass is 345 g/mol. The van der Waals surface area contributed by atoms with Gasteiger partial charge in [0.1, 0.15) is 5.75 Å². The van der Waals surface area contributed by atoms with Gasteiger partial charge in [0.15, 0.2) is 6.61 Å². The minimum Gasteiger partial charge on any atom is -0.484 e. The lowest BCUT2D eigenvalue weighted by Gasteiger charge is -2.16. The van der Waals surface area contributed by atoms with Gasteiger partial charge in [-0.2, -0.15) is 13.2 Å². The molecule has 1 N–H and O–H groups in total. The molecule has 1 aliphatic rings. The SMILES string of the molecule is C[C@@H]1CN(C(=O)Cc2cccc(OCC(F)(F)F)c2)C[C@H]1C(=O)O. The number of hydrogen-bond acceptors (Lipinski definition) is 3. The van der Waals surface area contributed by atoms with Crippen LogP contribution in [0.25, 0.3) is 0 Å². The number of ether oxygens (including phenoxy) is 1. The van der Waals surface area contributed by atoms with Crippen molar-refractivity contribution in [2.75, 3.05) is 19.7 Å². The summed E-state index contributed by atoms with van der Waals surface area (Å²) >= 11 is 0. The third-order valence-electron chi connectivity index (χ3n) is 3.94. The number of amides is 1. The molecular weight excluding hydrogens is 327 g/mol. The van der Waals surface area contributed by atoms with Crippen molar-refractivity contribution in [3.63, 3.8) is 0 Å². The van der Waals surface area contributed by atoms with E-state index >= 15 is 0 Å². The maximum Gasteiger partial charge on any atom is 0.422 e. The van der Waals surface area contributed by atoms with Crippen LogP contribution < -0.4 is 4.74 Å². The molecule has 132 valence electrons. The fraction of sp³-hybridized carbons (Fsp3) is 0.500. The Labute approximate surface area is 137 Å². The molecule has 5 nitrogen and oxygen atoms in total. The fourth-order valence-corrected chi connectivity index (χ4v) is 2.69. The smallest absolute Gasteiger partial charge is 0.422 e. The van der Waals surface area contributed by atoms with Crippen LogP contribution in [0.2, 0.25) is 0 Å². The zero-order chi connectivity index (χ0) is 17.9. The number of benzene rings is 1. The lowest BCUT2D eigenvalue weighted by molar-refractivity contribution is -0.153. The van der Waals surface area contributed by atoms with E-state index in [0.717, 1.165) is 0 Å². The van der Waals surface area contributed by atoms with Crippen LogP contribution in [-0.2, 0) is 16.0 Å². The first kappa shape index (κ1) is 18.1. The number of carboxylic acids is 1. The Hall–Kier alpha value is -2.25. The number of carbonyl (C=O) groups is 2. The zero-order valence-corrected chi connectivity index (χ0v) is 13.0. The molecule has 1 amide bonds. The molecule has 2 rings (SSSR count). The second-order valence-corrected chi connectivity index (χ2v) is 5.95. The van der Waals surface area contributed by atoms with E-state index in [1.807, 2.05) is 0 Å². The van der Waals surface area contributed by atoms with Crippen LogP contribution in [0.3, 0.4) is 0 Å². The number of aliphatic carboxylic acids is 1. The van der Waals surface area contributed by atoms with E-state index < -0.39 is 24.7 Å². The molecule has 0 saturated carbocycles. The minimum absolute atomic E-state index is 0.0116. The number of likely N-dealkylation sites (tertiary alicyclic amines) is 1. The molecule has 0 bridgehead atoms. The van der Waals surface area contributed by atoms with Crippen molar-refractivity contribution < 1.29 is 32.6 Å². The van der Waals surface area contributed by atoms with Crippen molar-refractivity contribution in [1.82, 2.24) is 4.90 Å². The molecular formula is C16H18F3NO4. The molecule has 1 aromatic carbocycles. The van der Waals surface area contributed by atoms with E-state index in [-0.39, 0.29) is 30.5 Å². The average molecular weight is 345 g/mol. The van der Waals surface area contributed by atoms with Gasteiger partial charge in [-0.3, -0.25) is 9.59 Å². The summed E-state index contributed by atoms with van der Waals surface area (Å²) in [6, 6.07) is 5.91. The van der Waals surface area contributed by atoms with Crippen LogP contribution in [-0.4, -0.2) is 47.8 Å². The van der Waals surface area contributed by atoms with Crippen molar-refractivity contribution >= 4 is 11.9 Å². The standard InChI is InChI=1S/C16H18F3NO4/c1-10-7-20(8-13(10)15(22)23)14(21)6-11-3-2-4-12(5-11)24-9-16(17,18)19/h2-5,10,13H,6-9H2,1H3,(H,22,23)/t10-,13-/m1/s1. The Balaban J connectivity index is 1.96. The number of hydrogen-bond donors (Lipinski definition) is 1. The predicted octanol–water partition coefficient (Wildman–Crippen LogP) is 2.35. The topological polar surface area (TPSA) is 66.8 Å². The van der Waals surface area contributed by atoms with Crippen LogP contribution in [0.1, 0.15) is 12.5 Å². The van der Waals surface area contributed by atoms with E-state index in [2.05, 4.69) is 4.74 Å². The molecule has 8 heteroatoms. The van der Waals surface area contributed by atoms with Gasteiger partial charge in [0, 0.05) is 13.1 Å². The van der Waals surface area contributed by atoms with E-state index in [9.17, 15) is 22.8 Å². The Morgan fingerprint density at radius 2 is 2.04 bits per heavy atom. The molecule has 1 aromatic rings. The Kier molecular flexibility index (Phi) is 5.36. The molecule has 1 aliphatic heterocycles. The zero-order valence-electron chi connectivity index (χ0n) is 13.0. The van der Waals surface area contributed by atoms with Gasteiger partial charge in [0.2, 0.25) is 5.91 Å². The highest BCUT2D eigenvalue weighted by Crippen LogP contribution is 2.24. The average Bonchev–Trinajstić information content (AvgIpc) is 2.87. The fourth-order valence-electron chi connectivity index (χ4n) is 2.69. The first-order chi connectivity index (χ1) is 11.2. The molecule has 1 fully saturated rings. The third-order valence-corrected chi connectivity index (χ3v) is 3.94. The Morgan fingerprint density at radius 3 is 2.62 bits per heavy atom. The number of carbonyl (C=O) groups excluding carboxylic acids is 1. The van der Waals surface area contributed by atoms with Crippen LogP contribution in [0.4, 0.5) is 13.2 Å². The van der Waals surface area contributed by atoms with Crippen molar-refractivity contribution in [2.24, 2.45) is 11.8 Å². The second-order valence-electron chi connectivity index (χ2n) is 5.95. The summed E-state index contributed by atoms with van der Waals surface area (Å²) in [6.45, 7) is 0.895. The number of carboxylic acid groups (broad SMARTS) is 1. The summed E-state index contributed by atoms with van der Waals surface area (Å²) < 4.78 is 41.1. The summed E-state index contributed by atoms with van der Waals surface area (Å²) in [5.74, 6) is -1.86. The van der Waals surface area contributed by atoms with Gasteiger partial charge in [0.25, 0.3) is 0 Å². The molecule has 0 spiro atoms. The minimum atomic E-state index is -4.43. The Morgan fingerprint density at radius 1 is 1.33 bits per heavy atom. The molecule has 0 aromatic heterocycles. The lowest BCUT2D eigenvalue weighted by atomic mass is 9.99. The summed E-state index contributed by atoms with van der Waals surface area (Å²) in [7, 11) is 0. The quantitative estimate of drug-likeness (QED) is 0.890. The maximum atomic E-state index is 12.3. The largest absolute Gasteiger partial charge is 0.484 e. The van der Waals surface area contributed by atoms with E-state index in [0.29, 0.717) is 12.1 Å². The van der Waals surface area contributed by atoms with Gasteiger partial charge < -0.3 is 14.7 Å². The molecule has 0 unspecified atom stereocenters. The third kappa shape index (κ3) is 4.87. The second kappa shape index (κ2) is 7.11. The van der Waals surface area contributed by atoms with Gasteiger partial charge in [-0.15, -0.1) is 0 Å². The molecule has 1 saturated heterocycles.